The number of esters is 1. The average Bonchev–Trinajstić information content (AvgIpc) is 4.16. The number of carbonyl (C=O) groups is 2. The maximum atomic E-state index is 15.6. The van der Waals surface area contributed by atoms with Crippen molar-refractivity contribution in [3.05, 3.63) is 137 Å². The predicted molar refractivity (Wildman–Crippen MR) is 284 cm³/mol. The van der Waals surface area contributed by atoms with Gasteiger partial charge in [0.25, 0.3) is 6.33 Å². The molecule has 8 rings (SSSR count). The first-order chi connectivity index (χ1) is 35.7. The Balaban J connectivity index is 0.00000364. The average molecular weight is 1110 g/mol. The lowest BCUT2D eigenvalue weighted by Crippen LogP contribution is -3.00. The van der Waals surface area contributed by atoms with Crippen molar-refractivity contribution in [1.29, 1.82) is 0 Å². The lowest BCUT2D eigenvalue weighted by Gasteiger charge is -2.37. The summed E-state index contributed by atoms with van der Waals surface area (Å²) in [7, 11) is 1.48. The van der Waals surface area contributed by atoms with E-state index in [4.69, 9.17) is 30.4 Å². The van der Waals surface area contributed by atoms with Crippen LogP contribution in [0.4, 0.5) is 30.8 Å². The standard InChI is InChI=1S/C52H65F2N12O8.CH4.2ClH/c1-5-47(35(2)67)66-50(69)65(33-59-66)42-13-11-40(12-14-42)61-22-24-62(25-23-61)41-15-17-43(18-16-41)71-28-37-27-52(73-29-37,44-19-10-39(53)26-45(44)54)31-64-34-63(32-58-64)36(3)74-51(70)60(4)48-38(8-7-21-57-48)30-72-49(68)46(56)9-6-20-55;;;/h7-8,10-19,21,26,32-37,46-47,67H,5-6,9,20,22-25,27-31,55-56H2,1-4H3;1H4;2*1H/q+1;;;/p-1/t35-,36?,37+,46-,47-,52-;;;/m0.../s1. The molecule has 2 saturated heterocycles. The molecule has 3 aromatic heterocycles. The Morgan fingerprint density at radius 2 is 1.65 bits per heavy atom. The van der Waals surface area contributed by atoms with Gasteiger partial charge in [-0.05, 0) is 99.8 Å². The van der Waals surface area contributed by atoms with Crippen LogP contribution in [-0.4, -0.2) is 111 Å². The van der Waals surface area contributed by atoms with Crippen LogP contribution in [0.1, 0.15) is 77.3 Å². The number of nitrogens with two attached hydrogens (primary N) is 2. The molecule has 24 heteroatoms. The zero-order valence-electron chi connectivity index (χ0n) is 42.9. The molecule has 0 aliphatic carbocycles. The third kappa shape index (κ3) is 14.5. The minimum absolute atomic E-state index is 0. The summed E-state index contributed by atoms with van der Waals surface area (Å²) in [6.07, 6.45) is 5.65. The smallest absolute Gasteiger partial charge is 0.418 e. The molecule has 2 fully saturated rings. The number of aliphatic hydroxyl groups excluding tert-OH is 1. The third-order valence-corrected chi connectivity index (χ3v) is 13.6. The molecule has 20 nitrogen and oxygen atoms in total. The number of benzene rings is 3. The first-order valence-electron chi connectivity index (χ1n) is 24.9. The number of anilines is 3. The van der Waals surface area contributed by atoms with Crippen LogP contribution in [0.15, 0.2) is 109 Å². The van der Waals surface area contributed by atoms with Crippen molar-refractivity contribution in [2.24, 2.45) is 17.4 Å². The Hall–Kier alpha value is -6.69. The first kappa shape index (κ1) is 61.2. The van der Waals surface area contributed by atoms with Crippen LogP contribution >= 0.6 is 12.4 Å². The summed E-state index contributed by atoms with van der Waals surface area (Å²) in [5, 5.41) is 18.9. The molecule has 0 bridgehead atoms. The van der Waals surface area contributed by atoms with Gasteiger partial charge in [0.15, 0.2) is 0 Å². The fourth-order valence-corrected chi connectivity index (χ4v) is 9.46. The van der Waals surface area contributed by atoms with E-state index in [1.165, 1.54) is 52.2 Å². The molecule has 77 heavy (non-hydrogen) atoms. The van der Waals surface area contributed by atoms with Crippen LogP contribution in [0.3, 0.4) is 0 Å². The minimum Gasteiger partial charge on any atom is -1.00 e. The van der Waals surface area contributed by atoms with E-state index >= 15 is 4.39 Å². The van der Waals surface area contributed by atoms with E-state index in [-0.39, 0.29) is 81.6 Å². The molecule has 0 spiro atoms. The molecular formula is C53H70Cl2F2N12O8. The molecule has 0 radical (unpaired) electrons. The topological polar surface area (TPSA) is 227 Å². The van der Waals surface area contributed by atoms with Crippen molar-refractivity contribution in [2.45, 2.75) is 97.0 Å². The van der Waals surface area contributed by atoms with Gasteiger partial charge in [0.1, 0.15) is 54.3 Å². The number of carbonyl (C=O) groups excluding carboxylic acids is 2. The van der Waals surface area contributed by atoms with Crippen molar-refractivity contribution < 1.29 is 59.4 Å². The first-order valence-corrected chi connectivity index (χ1v) is 24.9. The lowest BCUT2D eigenvalue weighted by atomic mass is 9.87. The molecule has 5 heterocycles. The van der Waals surface area contributed by atoms with E-state index in [2.05, 4.69) is 25.0 Å². The quantitative estimate of drug-likeness (QED) is 0.0696. The van der Waals surface area contributed by atoms with E-state index < -0.39 is 53.7 Å². The van der Waals surface area contributed by atoms with Gasteiger partial charge < -0.3 is 57.7 Å². The van der Waals surface area contributed by atoms with Crippen molar-refractivity contribution in [3.8, 4) is 11.4 Å². The maximum Gasteiger partial charge on any atom is 0.418 e. The van der Waals surface area contributed by atoms with E-state index in [1.54, 1.807) is 41.6 Å². The number of pyridine rings is 1. The maximum absolute atomic E-state index is 15.6. The van der Waals surface area contributed by atoms with Gasteiger partial charge in [-0.15, -0.1) is 17.1 Å². The largest absolute Gasteiger partial charge is 1.00 e. The van der Waals surface area contributed by atoms with Crippen LogP contribution in [0.5, 0.6) is 5.75 Å². The number of aliphatic hydroxyl groups is 1. The molecule has 5 N–H and O–H groups in total. The summed E-state index contributed by atoms with van der Waals surface area (Å²) < 4.78 is 59.7. The molecule has 3 aromatic carbocycles. The fourth-order valence-electron chi connectivity index (χ4n) is 9.46. The number of ether oxygens (including phenoxy) is 4. The molecule has 6 aromatic rings. The van der Waals surface area contributed by atoms with Crippen molar-refractivity contribution in [1.82, 2.24) is 29.1 Å². The predicted octanol–water partition coefficient (Wildman–Crippen LogP) is 2.82. The van der Waals surface area contributed by atoms with Gasteiger partial charge in [0.2, 0.25) is 12.6 Å². The van der Waals surface area contributed by atoms with Gasteiger partial charge in [0.05, 0.1) is 31.0 Å². The van der Waals surface area contributed by atoms with Crippen molar-refractivity contribution in [2.75, 3.05) is 67.7 Å². The highest BCUT2D eigenvalue weighted by Gasteiger charge is 2.46. The Labute approximate surface area is 459 Å². The zero-order valence-corrected chi connectivity index (χ0v) is 44.4. The number of hydrogen-bond acceptors (Lipinski definition) is 15. The third-order valence-electron chi connectivity index (χ3n) is 13.6. The number of halogens is 4. The number of hydrogen-bond donors (Lipinski definition) is 3. The van der Waals surface area contributed by atoms with E-state index in [0.29, 0.717) is 49.2 Å². The summed E-state index contributed by atoms with van der Waals surface area (Å²) >= 11 is 0. The Kier molecular flexibility index (Phi) is 21.9. The number of amides is 1. The summed E-state index contributed by atoms with van der Waals surface area (Å²) in [5.41, 5.74) is 13.4. The van der Waals surface area contributed by atoms with Crippen LogP contribution in [0, 0.1) is 17.6 Å². The number of aromatic nitrogens is 7. The second-order valence-corrected chi connectivity index (χ2v) is 18.8. The van der Waals surface area contributed by atoms with Crippen LogP contribution in [-0.2, 0) is 37.8 Å². The second kappa shape index (κ2) is 27.6. The van der Waals surface area contributed by atoms with Gasteiger partial charge in [0, 0.05) is 85.9 Å². The molecule has 6 atom stereocenters. The molecule has 1 unspecified atom stereocenters. The van der Waals surface area contributed by atoms with E-state index in [1.807, 2.05) is 55.5 Å². The SMILES string of the molecule is C.CC[C@@H]([C@H](C)O)n1ncn(-c2ccc(N3CCN(c4ccc(OC[C@@H]5CO[C@@](Cn6c[n+](C(C)OC(=O)N(C)c7ncccc7COC(=O)[C@@H](N)CCCN)cn6)(c6ccc(F)cc6F)C5)cc4)CC3)cc2)c1=O.Cl.[Cl-]. The van der Waals surface area contributed by atoms with Crippen molar-refractivity contribution >= 4 is 41.7 Å². The van der Waals surface area contributed by atoms with E-state index in [9.17, 15) is 23.9 Å². The Morgan fingerprint density at radius 1 is 0.987 bits per heavy atom. The Bertz CT molecular complexity index is 2900. The molecule has 0 saturated carbocycles. The minimum atomic E-state index is -1.24. The van der Waals surface area contributed by atoms with Crippen LogP contribution in [0.25, 0.3) is 5.69 Å². The summed E-state index contributed by atoms with van der Waals surface area (Å²) in [6.45, 7) is 9.22. The summed E-state index contributed by atoms with van der Waals surface area (Å²) in [6, 6.07) is 21.3. The highest BCUT2D eigenvalue weighted by molar-refractivity contribution is 5.86. The molecule has 2 aliphatic heterocycles. The van der Waals surface area contributed by atoms with Gasteiger partial charge in [-0.3, -0.25) is 9.69 Å². The number of nitrogens with zero attached hydrogens (tertiary/aromatic N) is 10. The number of piperazine rings is 1. The van der Waals surface area contributed by atoms with Gasteiger partial charge in [-0.1, -0.05) is 26.5 Å². The monoisotopic (exact) mass is 1110 g/mol. The van der Waals surface area contributed by atoms with Crippen LogP contribution < -0.4 is 53.6 Å². The highest BCUT2D eigenvalue weighted by atomic mass is 35.5. The van der Waals surface area contributed by atoms with E-state index in [0.717, 1.165) is 43.6 Å². The fraction of sp³-hybridized carbons (Fsp3) is 0.453. The normalized spacial score (nSPS) is 17.7. The molecule has 1 amide bonds. The second-order valence-electron chi connectivity index (χ2n) is 18.8. The zero-order chi connectivity index (χ0) is 52.5. The highest BCUT2D eigenvalue weighted by Crippen LogP contribution is 2.42. The van der Waals surface area contributed by atoms with Crippen LogP contribution in [0.2, 0.25) is 0 Å². The van der Waals surface area contributed by atoms with Gasteiger partial charge in [-0.2, -0.15) is 9.67 Å². The number of rotatable bonds is 21. The summed E-state index contributed by atoms with van der Waals surface area (Å²) in [5.74, 6) is -1.32. The molecule has 418 valence electrons. The van der Waals surface area contributed by atoms with Gasteiger partial charge in [-0.25, -0.2) is 32.6 Å². The summed E-state index contributed by atoms with van der Waals surface area (Å²) in [4.78, 5) is 49.1. The van der Waals surface area contributed by atoms with Crippen molar-refractivity contribution in [3.63, 3.8) is 0 Å². The molecular weight excluding hydrogens is 1040 g/mol. The Morgan fingerprint density at radius 3 is 2.29 bits per heavy atom. The van der Waals surface area contributed by atoms with Gasteiger partial charge >= 0.3 is 17.8 Å². The lowest BCUT2D eigenvalue weighted by molar-refractivity contribution is -0.753. The molecule has 2 aliphatic rings.